The first kappa shape index (κ1) is 29.0. The Morgan fingerprint density at radius 1 is 1.08 bits per heavy atom. The van der Waals surface area contributed by atoms with E-state index in [4.69, 9.17) is 21.1 Å². The summed E-state index contributed by atoms with van der Waals surface area (Å²) in [6.45, 7) is 8.38. The molecule has 0 aliphatic carbocycles. The zero-order valence-corrected chi connectivity index (χ0v) is 22.6. The number of hydrogen-bond donors (Lipinski definition) is 2. The van der Waals surface area contributed by atoms with Crippen molar-refractivity contribution < 1.29 is 23.9 Å². The van der Waals surface area contributed by atoms with E-state index in [-0.39, 0.29) is 23.9 Å². The third-order valence-corrected chi connectivity index (χ3v) is 5.93. The largest absolute Gasteiger partial charge is 0.492 e. The van der Waals surface area contributed by atoms with Crippen molar-refractivity contribution in [3.8, 4) is 5.75 Å². The highest BCUT2D eigenvalue weighted by Crippen LogP contribution is 2.26. The molecule has 36 heavy (non-hydrogen) atoms. The monoisotopic (exact) mass is 517 g/mol. The number of nitrogens with zero attached hydrogens (tertiary/aromatic N) is 1. The number of nitrogens with one attached hydrogen (secondary N) is 2. The predicted molar refractivity (Wildman–Crippen MR) is 142 cm³/mol. The molecule has 1 atom stereocenters. The van der Waals surface area contributed by atoms with Crippen molar-refractivity contribution in [2.45, 2.75) is 58.5 Å². The summed E-state index contributed by atoms with van der Waals surface area (Å²) in [6.07, 6.45) is 1.24. The number of urea groups is 1. The minimum atomic E-state index is -0.507. The number of methoxy groups -OCH3 is 1. The number of esters is 1. The van der Waals surface area contributed by atoms with Crippen molar-refractivity contribution in [3.63, 3.8) is 0 Å². The Morgan fingerprint density at radius 2 is 1.75 bits per heavy atom. The lowest BCUT2D eigenvalue weighted by atomic mass is 10.0. The molecule has 196 valence electrons. The normalized spacial score (nSPS) is 11.9. The number of carbonyl (C=O) groups excluding carboxylic acids is 3. The summed E-state index contributed by atoms with van der Waals surface area (Å²) in [5.74, 6) is -0.278. The van der Waals surface area contributed by atoms with Crippen molar-refractivity contribution in [3.05, 3.63) is 58.6 Å². The SMILES string of the molecule is CCCOc1ccc(C(=O)N[C@H](CC(=O)OC)Cc2ccc(NC(=O)N(C)C(C)(C)C)cc2)cc1Cl. The standard InChI is InChI=1S/C27H36ClN3O5/c1-7-14-36-23-13-10-19(16-22(23)28)25(33)29-21(17-24(32)35-6)15-18-8-11-20(12-9-18)30-26(34)31(5)27(2,3)4/h8-13,16,21H,7,14-15,17H2,1-6H3,(H,29,33)(H,30,34)/t21-/m0/s1. The number of amides is 3. The van der Waals surface area contributed by atoms with Crippen LogP contribution in [0, 0.1) is 0 Å². The molecule has 2 aromatic carbocycles. The molecule has 0 bridgehead atoms. The first-order valence-electron chi connectivity index (χ1n) is 11.9. The average Bonchev–Trinajstić information content (AvgIpc) is 2.83. The summed E-state index contributed by atoms with van der Waals surface area (Å²) in [4.78, 5) is 38.9. The molecule has 3 amide bonds. The Labute approximate surface area is 218 Å². The summed E-state index contributed by atoms with van der Waals surface area (Å²) in [6, 6.07) is 11.4. The Bertz CT molecular complexity index is 1050. The minimum absolute atomic E-state index is 0.00251. The second-order valence-corrected chi connectivity index (χ2v) is 9.91. The molecule has 0 unspecified atom stereocenters. The van der Waals surface area contributed by atoms with E-state index in [1.165, 1.54) is 7.11 Å². The van der Waals surface area contributed by atoms with E-state index in [2.05, 4.69) is 10.6 Å². The molecule has 0 saturated heterocycles. The maximum atomic E-state index is 12.9. The maximum Gasteiger partial charge on any atom is 0.322 e. The maximum absolute atomic E-state index is 12.9. The molecule has 0 radical (unpaired) electrons. The molecule has 0 aromatic heterocycles. The van der Waals surface area contributed by atoms with Crippen LogP contribution in [0.15, 0.2) is 42.5 Å². The Morgan fingerprint density at radius 3 is 2.31 bits per heavy atom. The van der Waals surface area contributed by atoms with E-state index >= 15 is 0 Å². The summed E-state index contributed by atoms with van der Waals surface area (Å²) in [7, 11) is 3.05. The molecule has 9 heteroatoms. The first-order valence-corrected chi connectivity index (χ1v) is 12.3. The number of hydrogen-bond acceptors (Lipinski definition) is 5. The zero-order chi connectivity index (χ0) is 26.9. The molecular weight excluding hydrogens is 482 g/mol. The molecule has 0 fully saturated rings. The smallest absolute Gasteiger partial charge is 0.322 e. The van der Waals surface area contributed by atoms with E-state index < -0.39 is 12.0 Å². The third-order valence-electron chi connectivity index (χ3n) is 5.63. The van der Waals surface area contributed by atoms with Crippen molar-refractivity contribution in [1.29, 1.82) is 0 Å². The van der Waals surface area contributed by atoms with Gasteiger partial charge in [0.15, 0.2) is 0 Å². The van der Waals surface area contributed by atoms with Gasteiger partial charge in [-0.05, 0) is 69.5 Å². The fourth-order valence-corrected chi connectivity index (χ4v) is 3.45. The summed E-state index contributed by atoms with van der Waals surface area (Å²) >= 11 is 6.27. The van der Waals surface area contributed by atoms with Crippen LogP contribution in [0.2, 0.25) is 5.02 Å². The van der Waals surface area contributed by atoms with Gasteiger partial charge in [0.2, 0.25) is 0 Å². The van der Waals surface area contributed by atoms with E-state index in [0.29, 0.717) is 35.1 Å². The fraction of sp³-hybridized carbons (Fsp3) is 0.444. The topological polar surface area (TPSA) is 97.0 Å². The Balaban J connectivity index is 2.09. The van der Waals surface area contributed by atoms with Crippen molar-refractivity contribution in [1.82, 2.24) is 10.2 Å². The quantitative estimate of drug-likeness (QED) is 0.417. The zero-order valence-electron chi connectivity index (χ0n) is 21.8. The molecule has 0 spiro atoms. The van der Waals surface area contributed by atoms with Gasteiger partial charge in [0.05, 0.1) is 25.2 Å². The van der Waals surface area contributed by atoms with Gasteiger partial charge in [-0.1, -0.05) is 30.7 Å². The molecular formula is C27H36ClN3O5. The second kappa shape index (κ2) is 13.2. The lowest BCUT2D eigenvalue weighted by molar-refractivity contribution is -0.141. The third kappa shape index (κ3) is 8.75. The van der Waals surface area contributed by atoms with E-state index in [0.717, 1.165) is 12.0 Å². The molecule has 0 saturated carbocycles. The molecule has 0 aliphatic heterocycles. The van der Waals surface area contributed by atoms with Crippen LogP contribution in [0.25, 0.3) is 0 Å². The van der Waals surface area contributed by atoms with Gasteiger partial charge in [0, 0.05) is 29.9 Å². The van der Waals surface area contributed by atoms with Crippen LogP contribution in [-0.2, 0) is 16.0 Å². The summed E-state index contributed by atoms with van der Waals surface area (Å²) < 4.78 is 10.4. The van der Waals surface area contributed by atoms with Crippen LogP contribution in [0.1, 0.15) is 56.5 Å². The highest BCUT2D eigenvalue weighted by atomic mass is 35.5. The summed E-state index contributed by atoms with van der Waals surface area (Å²) in [5, 5.41) is 6.11. The number of halogens is 1. The van der Waals surface area contributed by atoms with Gasteiger partial charge in [-0.2, -0.15) is 0 Å². The number of rotatable bonds is 10. The van der Waals surface area contributed by atoms with Crippen molar-refractivity contribution >= 4 is 35.2 Å². The lowest BCUT2D eigenvalue weighted by Crippen LogP contribution is -2.44. The van der Waals surface area contributed by atoms with E-state index in [9.17, 15) is 14.4 Å². The molecule has 0 aliphatic rings. The Kier molecular flexibility index (Phi) is 10.6. The highest BCUT2D eigenvalue weighted by Gasteiger charge is 2.23. The number of anilines is 1. The second-order valence-electron chi connectivity index (χ2n) is 9.51. The van der Waals surface area contributed by atoms with Crippen LogP contribution in [0.3, 0.4) is 0 Å². The van der Waals surface area contributed by atoms with Gasteiger partial charge in [-0.15, -0.1) is 0 Å². The van der Waals surface area contributed by atoms with Crippen LogP contribution >= 0.6 is 11.6 Å². The fourth-order valence-electron chi connectivity index (χ4n) is 3.22. The number of ether oxygens (including phenoxy) is 2. The van der Waals surface area contributed by atoms with Gasteiger partial charge in [0.25, 0.3) is 5.91 Å². The van der Waals surface area contributed by atoms with Gasteiger partial charge >= 0.3 is 12.0 Å². The predicted octanol–water partition coefficient (Wildman–Crippen LogP) is 5.30. The molecule has 8 nitrogen and oxygen atoms in total. The number of benzene rings is 2. The highest BCUT2D eigenvalue weighted by molar-refractivity contribution is 6.32. The Hall–Kier alpha value is -3.26. The van der Waals surface area contributed by atoms with Crippen molar-refractivity contribution in [2.75, 3.05) is 26.1 Å². The minimum Gasteiger partial charge on any atom is -0.492 e. The molecule has 0 heterocycles. The van der Waals surface area contributed by atoms with Crippen molar-refractivity contribution in [2.24, 2.45) is 0 Å². The average molecular weight is 518 g/mol. The van der Waals surface area contributed by atoms with E-state index in [1.54, 1.807) is 42.3 Å². The van der Waals surface area contributed by atoms with Gasteiger partial charge in [-0.3, -0.25) is 9.59 Å². The molecule has 2 N–H and O–H groups in total. The molecule has 2 aromatic rings. The van der Waals surface area contributed by atoms with Gasteiger partial charge < -0.3 is 25.0 Å². The summed E-state index contributed by atoms with van der Waals surface area (Å²) in [5.41, 5.74) is 1.58. The van der Waals surface area contributed by atoms with Crippen LogP contribution in [0.4, 0.5) is 10.5 Å². The van der Waals surface area contributed by atoms with Crippen LogP contribution in [0.5, 0.6) is 5.75 Å². The number of carbonyl (C=O) groups is 3. The van der Waals surface area contributed by atoms with E-state index in [1.807, 2.05) is 39.8 Å². The van der Waals surface area contributed by atoms with Gasteiger partial charge in [0.1, 0.15) is 5.75 Å². The van der Waals surface area contributed by atoms with Crippen LogP contribution < -0.4 is 15.4 Å². The lowest BCUT2D eigenvalue weighted by Gasteiger charge is -2.31. The van der Waals surface area contributed by atoms with Crippen LogP contribution in [-0.4, -0.2) is 55.2 Å². The first-order chi connectivity index (χ1) is 16.9. The van der Waals surface area contributed by atoms with Gasteiger partial charge in [-0.25, -0.2) is 4.79 Å². The molecule has 2 rings (SSSR count).